The van der Waals surface area contributed by atoms with Gasteiger partial charge < -0.3 is 9.47 Å². The number of hydrazone groups is 1. The monoisotopic (exact) mass is 479 g/mol. The lowest BCUT2D eigenvalue weighted by atomic mass is 10.2. The van der Waals surface area contributed by atoms with Gasteiger partial charge in [-0.1, -0.05) is 29.8 Å². The van der Waals surface area contributed by atoms with Gasteiger partial charge in [-0.25, -0.2) is 13.8 Å². The van der Waals surface area contributed by atoms with Crippen LogP contribution in [0.1, 0.15) is 15.9 Å². The standard InChI is InChI=1S/C20H18ClN3O5S2/c1-28-17-11-13(10-15(21)19(17)29-2)12-22-23-20(25)14-6-3-4-7-16(14)24-31(26,27)18-8-5-9-30-18/h3-12,24H,1-2H3,(H,23,25). The molecule has 1 amide bonds. The third-order valence-electron chi connectivity index (χ3n) is 4.01. The molecule has 1 heterocycles. The summed E-state index contributed by atoms with van der Waals surface area (Å²) in [5, 5.41) is 5.90. The van der Waals surface area contributed by atoms with Crippen LogP contribution in [-0.2, 0) is 10.0 Å². The molecule has 0 fully saturated rings. The highest BCUT2D eigenvalue weighted by atomic mass is 35.5. The predicted molar refractivity (Wildman–Crippen MR) is 121 cm³/mol. The lowest BCUT2D eigenvalue weighted by Gasteiger charge is -2.11. The first-order valence-corrected chi connectivity index (χ1v) is 11.5. The molecule has 0 aliphatic heterocycles. The number of benzene rings is 2. The number of para-hydroxylation sites is 1. The number of methoxy groups -OCH3 is 2. The number of rotatable bonds is 8. The normalized spacial score (nSPS) is 11.3. The van der Waals surface area contributed by atoms with Crippen LogP contribution in [0, 0.1) is 0 Å². The van der Waals surface area contributed by atoms with Crippen LogP contribution in [0.15, 0.2) is 63.2 Å². The number of carbonyl (C=O) groups is 1. The Bertz CT molecular complexity index is 1210. The Hall–Kier alpha value is -3.08. The highest BCUT2D eigenvalue weighted by molar-refractivity contribution is 7.94. The van der Waals surface area contributed by atoms with Crippen molar-refractivity contribution in [3.8, 4) is 11.5 Å². The fourth-order valence-corrected chi connectivity index (χ4v) is 4.99. The number of carbonyl (C=O) groups excluding carboxylic acids is 1. The Morgan fingerprint density at radius 2 is 1.90 bits per heavy atom. The summed E-state index contributed by atoms with van der Waals surface area (Å²) in [5.41, 5.74) is 3.19. The molecule has 1 aromatic heterocycles. The lowest BCUT2D eigenvalue weighted by Crippen LogP contribution is -2.21. The fraction of sp³-hybridized carbons (Fsp3) is 0.100. The van der Waals surface area contributed by atoms with E-state index < -0.39 is 15.9 Å². The molecule has 0 saturated carbocycles. The Balaban J connectivity index is 1.77. The third kappa shape index (κ3) is 5.35. The smallest absolute Gasteiger partial charge is 0.273 e. The van der Waals surface area contributed by atoms with Gasteiger partial charge in [0.05, 0.1) is 36.7 Å². The van der Waals surface area contributed by atoms with E-state index in [1.54, 1.807) is 35.7 Å². The largest absolute Gasteiger partial charge is 0.493 e. The summed E-state index contributed by atoms with van der Waals surface area (Å²) in [4.78, 5) is 12.6. The van der Waals surface area contributed by atoms with Crippen molar-refractivity contribution in [2.75, 3.05) is 18.9 Å². The van der Waals surface area contributed by atoms with E-state index >= 15 is 0 Å². The number of halogens is 1. The van der Waals surface area contributed by atoms with Crippen molar-refractivity contribution < 1.29 is 22.7 Å². The molecule has 162 valence electrons. The minimum absolute atomic E-state index is 0.116. The van der Waals surface area contributed by atoms with Gasteiger partial charge in [-0.2, -0.15) is 5.10 Å². The van der Waals surface area contributed by atoms with Crippen LogP contribution < -0.4 is 19.6 Å². The summed E-state index contributed by atoms with van der Waals surface area (Å²) < 4.78 is 37.9. The minimum Gasteiger partial charge on any atom is -0.493 e. The molecule has 2 aromatic carbocycles. The van der Waals surface area contributed by atoms with Crippen molar-refractivity contribution in [1.29, 1.82) is 0 Å². The number of hydrogen-bond acceptors (Lipinski definition) is 7. The quantitative estimate of drug-likeness (QED) is 0.375. The van der Waals surface area contributed by atoms with Crippen molar-refractivity contribution in [3.63, 3.8) is 0 Å². The SMILES string of the molecule is COc1cc(C=NNC(=O)c2ccccc2NS(=O)(=O)c2cccs2)cc(Cl)c1OC. The number of anilines is 1. The highest BCUT2D eigenvalue weighted by Crippen LogP contribution is 2.35. The maximum atomic E-state index is 12.6. The summed E-state index contributed by atoms with van der Waals surface area (Å²) in [7, 11) is -0.848. The average Bonchev–Trinajstić information content (AvgIpc) is 3.29. The van der Waals surface area contributed by atoms with E-state index in [-0.39, 0.29) is 15.5 Å². The number of sulfonamides is 1. The number of amides is 1. The van der Waals surface area contributed by atoms with E-state index in [4.69, 9.17) is 21.1 Å². The van der Waals surface area contributed by atoms with Crippen molar-refractivity contribution in [3.05, 3.63) is 70.1 Å². The van der Waals surface area contributed by atoms with E-state index in [9.17, 15) is 13.2 Å². The topological polar surface area (TPSA) is 106 Å². The molecule has 0 aliphatic carbocycles. The van der Waals surface area contributed by atoms with Gasteiger partial charge in [-0.15, -0.1) is 11.3 Å². The van der Waals surface area contributed by atoms with Crippen molar-refractivity contribution >= 4 is 50.8 Å². The molecule has 0 bridgehead atoms. The van der Waals surface area contributed by atoms with E-state index in [0.29, 0.717) is 22.1 Å². The number of thiophene rings is 1. The number of nitrogens with zero attached hydrogens (tertiary/aromatic N) is 1. The second-order valence-electron chi connectivity index (χ2n) is 6.02. The maximum absolute atomic E-state index is 12.6. The molecule has 0 unspecified atom stereocenters. The van der Waals surface area contributed by atoms with Gasteiger partial charge in [0.1, 0.15) is 4.21 Å². The zero-order valence-electron chi connectivity index (χ0n) is 16.5. The van der Waals surface area contributed by atoms with E-state index in [1.165, 1.54) is 38.6 Å². The first-order valence-electron chi connectivity index (χ1n) is 8.76. The molecule has 0 atom stereocenters. The van der Waals surface area contributed by atoms with E-state index in [1.807, 2.05) is 0 Å². The van der Waals surface area contributed by atoms with Crippen molar-refractivity contribution in [2.45, 2.75) is 4.21 Å². The van der Waals surface area contributed by atoms with Gasteiger partial charge in [0.15, 0.2) is 11.5 Å². The average molecular weight is 480 g/mol. The zero-order valence-corrected chi connectivity index (χ0v) is 18.8. The molecule has 0 radical (unpaired) electrons. The summed E-state index contributed by atoms with van der Waals surface area (Å²) in [6, 6.07) is 12.6. The highest BCUT2D eigenvalue weighted by Gasteiger charge is 2.19. The summed E-state index contributed by atoms with van der Waals surface area (Å²) in [5.74, 6) is 0.209. The molecule has 0 saturated heterocycles. The lowest BCUT2D eigenvalue weighted by molar-refractivity contribution is 0.0956. The Kier molecular flexibility index (Phi) is 7.16. The maximum Gasteiger partial charge on any atom is 0.273 e. The number of nitrogens with one attached hydrogen (secondary N) is 2. The molecule has 3 aromatic rings. The molecule has 0 aliphatic rings. The second-order valence-corrected chi connectivity index (χ2v) is 9.28. The second kappa shape index (κ2) is 9.82. The molecule has 8 nitrogen and oxygen atoms in total. The van der Waals surface area contributed by atoms with Crippen LogP contribution in [0.2, 0.25) is 5.02 Å². The summed E-state index contributed by atoms with van der Waals surface area (Å²) >= 11 is 7.23. The van der Waals surface area contributed by atoms with Crippen LogP contribution in [-0.4, -0.2) is 34.8 Å². The fourth-order valence-electron chi connectivity index (χ4n) is 2.62. The Morgan fingerprint density at radius 3 is 2.58 bits per heavy atom. The van der Waals surface area contributed by atoms with Crippen LogP contribution in [0.3, 0.4) is 0 Å². The first-order chi connectivity index (χ1) is 14.9. The van der Waals surface area contributed by atoms with Gasteiger partial charge in [-0.05, 0) is 41.3 Å². The molecule has 3 rings (SSSR count). The summed E-state index contributed by atoms with van der Waals surface area (Å²) in [6.45, 7) is 0. The first kappa shape index (κ1) is 22.6. The van der Waals surface area contributed by atoms with Crippen LogP contribution in [0.5, 0.6) is 11.5 Å². The Labute approximate surface area is 188 Å². The van der Waals surface area contributed by atoms with Crippen LogP contribution >= 0.6 is 22.9 Å². The van der Waals surface area contributed by atoms with Gasteiger partial charge in [-0.3, -0.25) is 9.52 Å². The Morgan fingerprint density at radius 1 is 1.13 bits per heavy atom. The molecule has 2 N–H and O–H groups in total. The van der Waals surface area contributed by atoms with Crippen molar-refractivity contribution in [1.82, 2.24) is 5.43 Å². The van der Waals surface area contributed by atoms with Crippen LogP contribution in [0.4, 0.5) is 5.69 Å². The van der Waals surface area contributed by atoms with Gasteiger partial charge >= 0.3 is 0 Å². The third-order valence-corrected chi connectivity index (χ3v) is 7.06. The van der Waals surface area contributed by atoms with E-state index in [2.05, 4.69) is 15.2 Å². The number of hydrogen-bond donors (Lipinski definition) is 2. The van der Waals surface area contributed by atoms with E-state index in [0.717, 1.165) is 11.3 Å². The van der Waals surface area contributed by atoms with Gasteiger partial charge in [0.2, 0.25) is 0 Å². The van der Waals surface area contributed by atoms with Gasteiger partial charge in [0, 0.05) is 0 Å². The molecule has 0 spiro atoms. The number of ether oxygens (including phenoxy) is 2. The summed E-state index contributed by atoms with van der Waals surface area (Å²) in [6.07, 6.45) is 1.38. The molecular formula is C20H18ClN3O5S2. The molecule has 31 heavy (non-hydrogen) atoms. The van der Waals surface area contributed by atoms with Crippen LogP contribution in [0.25, 0.3) is 0 Å². The van der Waals surface area contributed by atoms with Crippen molar-refractivity contribution in [2.24, 2.45) is 5.10 Å². The predicted octanol–water partition coefficient (Wildman–Crippen LogP) is 3.98. The molecular weight excluding hydrogens is 462 g/mol. The minimum atomic E-state index is -3.80. The molecule has 11 heteroatoms. The van der Waals surface area contributed by atoms with Gasteiger partial charge in [0.25, 0.3) is 15.9 Å². The zero-order chi connectivity index (χ0) is 22.4.